The van der Waals surface area contributed by atoms with Gasteiger partial charge in [0.15, 0.2) is 0 Å². The Hall–Kier alpha value is -3.38. The number of carbonyl (C=O) groups is 3. The fourth-order valence-electron chi connectivity index (χ4n) is 4.51. The summed E-state index contributed by atoms with van der Waals surface area (Å²) < 4.78 is 0. The Labute approximate surface area is 210 Å². The number of halogens is 1. The van der Waals surface area contributed by atoms with Crippen LogP contribution in [0.3, 0.4) is 0 Å². The highest BCUT2D eigenvalue weighted by Gasteiger charge is 2.35. The van der Waals surface area contributed by atoms with Crippen molar-refractivity contribution >= 4 is 45.8 Å². The van der Waals surface area contributed by atoms with E-state index < -0.39 is 6.04 Å². The molecular formula is C28H30ClN3O3. The average molecular weight is 492 g/mol. The molecule has 3 amide bonds. The van der Waals surface area contributed by atoms with Gasteiger partial charge < -0.3 is 10.2 Å². The average Bonchev–Trinajstić information content (AvgIpc) is 3.13. The van der Waals surface area contributed by atoms with Crippen molar-refractivity contribution in [3.05, 3.63) is 76.8 Å². The van der Waals surface area contributed by atoms with Crippen LogP contribution in [0.1, 0.15) is 49.5 Å². The number of anilines is 1. The molecule has 1 aliphatic heterocycles. The van der Waals surface area contributed by atoms with Crippen LogP contribution in [0.4, 0.5) is 5.69 Å². The Morgan fingerprint density at radius 2 is 1.69 bits per heavy atom. The number of nitrogens with zero attached hydrogens (tertiary/aromatic N) is 2. The molecule has 0 saturated heterocycles. The molecule has 0 bridgehead atoms. The zero-order valence-corrected chi connectivity index (χ0v) is 21.0. The van der Waals surface area contributed by atoms with E-state index in [0.29, 0.717) is 17.0 Å². The molecule has 7 heteroatoms. The van der Waals surface area contributed by atoms with Crippen molar-refractivity contribution in [2.75, 3.05) is 11.4 Å². The van der Waals surface area contributed by atoms with Gasteiger partial charge in [0.25, 0.3) is 5.91 Å². The first-order valence-corrected chi connectivity index (χ1v) is 12.4. The van der Waals surface area contributed by atoms with Crippen LogP contribution in [0.25, 0.3) is 10.8 Å². The van der Waals surface area contributed by atoms with Gasteiger partial charge in [-0.05, 0) is 55.0 Å². The summed E-state index contributed by atoms with van der Waals surface area (Å²) in [5.74, 6) is -0.680. The van der Waals surface area contributed by atoms with Crippen molar-refractivity contribution in [1.82, 2.24) is 10.2 Å². The van der Waals surface area contributed by atoms with Crippen LogP contribution in [-0.2, 0) is 16.1 Å². The van der Waals surface area contributed by atoms with E-state index in [9.17, 15) is 14.4 Å². The van der Waals surface area contributed by atoms with E-state index in [-0.39, 0.29) is 36.9 Å². The molecule has 0 aromatic heterocycles. The molecule has 3 aromatic carbocycles. The third kappa shape index (κ3) is 5.03. The molecule has 1 N–H and O–H groups in total. The standard InChI is InChI=1S/C28H30ClN3O3/c1-4-18(3)30-27(34)23(5-2)31(16-19-12-14-21(29)15-13-19)25(33)17-32-24-11-7-9-20-8-6-10-22(26(20)24)28(32)35/h6-15,18,23H,4-5,16-17H2,1-3H3,(H,30,34). The van der Waals surface area contributed by atoms with Gasteiger partial charge in [0.05, 0.1) is 5.69 Å². The summed E-state index contributed by atoms with van der Waals surface area (Å²) in [7, 11) is 0. The Morgan fingerprint density at radius 1 is 1.00 bits per heavy atom. The second-order valence-electron chi connectivity index (χ2n) is 8.96. The molecule has 4 rings (SSSR count). The number of amides is 3. The van der Waals surface area contributed by atoms with E-state index >= 15 is 0 Å². The normalized spacial score (nSPS) is 14.2. The molecule has 182 valence electrons. The highest BCUT2D eigenvalue weighted by atomic mass is 35.5. The molecule has 2 unspecified atom stereocenters. The summed E-state index contributed by atoms with van der Waals surface area (Å²) in [6, 6.07) is 17.9. The van der Waals surface area contributed by atoms with Gasteiger partial charge in [0, 0.05) is 28.6 Å². The maximum atomic E-state index is 13.8. The minimum atomic E-state index is -0.664. The molecule has 2 atom stereocenters. The quantitative estimate of drug-likeness (QED) is 0.448. The predicted octanol–water partition coefficient (Wildman–Crippen LogP) is 5.18. The van der Waals surface area contributed by atoms with E-state index in [1.54, 1.807) is 23.1 Å². The van der Waals surface area contributed by atoms with Crippen LogP contribution in [0.2, 0.25) is 5.02 Å². The van der Waals surface area contributed by atoms with Crippen LogP contribution in [0.5, 0.6) is 0 Å². The van der Waals surface area contributed by atoms with E-state index in [4.69, 9.17) is 11.6 Å². The maximum Gasteiger partial charge on any atom is 0.259 e. The summed E-state index contributed by atoms with van der Waals surface area (Å²) in [4.78, 5) is 43.3. The molecule has 0 saturated carbocycles. The Balaban J connectivity index is 1.64. The lowest BCUT2D eigenvalue weighted by Crippen LogP contribution is -2.53. The summed E-state index contributed by atoms with van der Waals surface area (Å²) >= 11 is 6.05. The van der Waals surface area contributed by atoms with Gasteiger partial charge in [-0.1, -0.05) is 61.8 Å². The lowest BCUT2D eigenvalue weighted by molar-refractivity contribution is -0.140. The summed E-state index contributed by atoms with van der Waals surface area (Å²) in [6.07, 6.45) is 1.24. The zero-order chi connectivity index (χ0) is 25.1. The van der Waals surface area contributed by atoms with Gasteiger partial charge in [-0.25, -0.2) is 0 Å². The minimum absolute atomic E-state index is 0.00343. The number of hydrogen-bond donors (Lipinski definition) is 1. The van der Waals surface area contributed by atoms with Gasteiger partial charge >= 0.3 is 0 Å². The number of hydrogen-bond acceptors (Lipinski definition) is 3. The Bertz CT molecular complexity index is 1250. The van der Waals surface area contributed by atoms with Crippen molar-refractivity contribution in [2.45, 2.75) is 52.2 Å². The van der Waals surface area contributed by atoms with Crippen molar-refractivity contribution in [1.29, 1.82) is 0 Å². The first kappa shape index (κ1) is 24.7. The molecular weight excluding hydrogens is 462 g/mol. The van der Waals surface area contributed by atoms with Crippen LogP contribution in [0.15, 0.2) is 60.7 Å². The van der Waals surface area contributed by atoms with E-state index in [1.807, 2.05) is 63.2 Å². The van der Waals surface area contributed by atoms with Gasteiger partial charge in [0.2, 0.25) is 11.8 Å². The van der Waals surface area contributed by atoms with Gasteiger partial charge in [0.1, 0.15) is 12.6 Å². The van der Waals surface area contributed by atoms with Crippen LogP contribution in [0, 0.1) is 0 Å². The number of nitrogens with one attached hydrogen (secondary N) is 1. The highest BCUT2D eigenvalue weighted by molar-refractivity contribution is 6.30. The van der Waals surface area contributed by atoms with Crippen LogP contribution >= 0.6 is 11.6 Å². The van der Waals surface area contributed by atoms with Gasteiger partial charge in [-0.3, -0.25) is 19.3 Å². The van der Waals surface area contributed by atoms with E-state index in [0.717, 1.165) is 28.4 Å². The molecule has 0 spiro atoms. The molecule has 1 heterocycles. The summed E-state index contributed by atoms with van der Waals surface area (Å²) in [5.41, 5.74) is 2.17. The number of rotatable bonds is 9. The largest absolute Gasteiger partial charge is 0.352 e. The molecule has 6 nitrogen and oxygen atoms in total. The van der Waals surface area contributed by atoms with Gasteiger partial charge in [-0.15, -0.1) is 0 Å². The number of carbonyl (C=O) groups excluding carboxylic acids is 3. The second kappa shape index (κ2) is 10.5. The fourth-order valence-corrected chi connectivity index (χ4v) is 4.64. The van der Waals surface area contributed by atoms with Crippen molar-refractivity contribution in [3.8, 4) is 0 Å². The van der Waals surface area contributed by atoms with Crippen molar-refractivity contribution in [3.63, 3.8) is 0 Å². The topological polar surface area (TPSA) is 69.7 Å². The van der Waals surface area contributed by atoms with E-state index in [2.05, 4.69) is 5.32 Å². The Kier molecular flexibility index (Phi) is 7.41. The summed E-state index contributed by atoms with van der Waals surface area (Å²) in [6.45, 7) is 5.92. The second-order valence-corrected chi connectivity index (χ2v) is 9.40. The van der Waals surface area contributed by atoms with Crippen molar-refractivity contribution in [2.24, 2.45) is 0 Å². The maximum absolute atomic E-state index is 13.8. The lowest BCUT2D eigenvalue weighted by Gasteiger charge is -2.32. The first-order chi connectivity index (χ1) is 16.8. The molecule has 0 fully saturated rings. The number of benzene rings is 3. The third-order valence-electron chi connectivity index (χ3n) is 6.60. The predicted molar refractivity (Wildman–Crippen MR) is 140 cm³/mol. The molecule has 3 aromatic rings. The Morgan fingerprint density at radius 3 is 2.34 bits per heavy atom. The first-order valence-electron chi connectivity index (χ1n) is 12.0. The van der Waals surface area contributed by atoms with Crippen molar-refractivity contribution < 1.29 is 14.4 Å². The van der Waals surface area contributed by atoms with Crippen LogP contribution < -0.4 is 10.2 Å². The molecule has 35 heavy (non-hydrogen) atoms. The molecule has 0 radical (unpaired) electrons. The SMILES string of the molecule is CCC(C)NC(=O)C(CC)N(Cc1ccc(Cl)cc1)C(=O)CN1C(=O)c2cccc3cccc1c23. The lowest BCUT2D eigenvalue weighted by atomic mass is 10.1. The summed E-state index contributed by atoms with van der Waals surface area (Å²) in [5, 5.41) is 5.43. The third-order valence-corrected chi connectivity index (χ3v) is 6.85. The molecule has 0 aliphatic carbocycles. The monoisotopic (exact) mass is 491 g/mol. The zero-order valence-electron chi connectivity index (χ0n) is 20.3. The highest BCUT2D eigenvalue weighted by Crippen LogP contribution is 2.37. The van der Waals surface area contributed by atoms with Gasteiger partial charge in [-0.2, -0.15) is 0 Å². The fraction of sp³-hybridized carbons (Fsp3) is 0.321. The molecule has 1 aliphatic rings. The van der Waals surface area contributed by atoms with Crippen LogP contribution in [-0.4, -0.2) is 41.2 Å². The smallest absolute Gasteiger partial charge is 0.259 e. The minimum Gasteiger partial charge on any atom is -0.352 e. The van der Waals surface area contributed by atoms with E-state index in [1.165, 1.54) is 4.90 Å².